The van der Waals surface area contributed by atoms with Crippen LogP contribution in [0.15, 0.2) is 46.7 Å². The Morgan fingerprint density at radius 1 is 1.18 bits per heavy atom. The van der Waals surface area contributed by atoms with Crippen LogP contribution in [0.2, 0.25) is 0 Å². The van der Waals surface area contributed by atoms with Crippen LogP contribution in [-0.2, 0) is 21.4 Å². The summed E-state index contributed by atoms with van der Waals surface area (Å²) in [6, 6.07) is 12.3. The Kier molecular flexibility index (Phi) is 5.33. The van der Waals surface area contributed by atoms with E-state index in [1.54, 1.807) is 19.1 Å². The van der Waals surface area contributed by atoms with Gasteiger partial charge in [0.15, 0.2) is 0 Å². The van der Waals surface area contributed by atoms with Gasteiger partial charge >= 0.3 is 0 Å². The van der Waals surface area contributed by atoms with Crippen LogP contribution >= 0.6 is 11.3 Å². The molecule has 2 rings (SSSR count). The summed E-state index contributed by atoms with van der Waals surface area (Å²) < 4.78 is 27.7. The Balaban J connectivity index is 2.08. The maximum atomic E-state index is 12.4. The lowest BCUT2D eigenvalue weighted by Crippen LogP contribution is -2.26. The first-order valence-electron chi connectivity index (χ1n) is 6.79. The fraction of sp³-hybridized carbons (Fsp3) is 0.267. The van der Waals surface area contributed by atoms with Crippen LogP contribution < -0.4 is 10.0 Å². The normalized spacial score (nSPS) is 12.8. The zero-order valence-electron chi connectivity index (χ0n) is 12.4. The van der Waals surface area contributed by atoms with Crippen molar-refractivity contribution in [3.05, 3.63) is 52.9 Å². The Bertz CT molecular complexity index is 739. The van der Waals surface area contributed by atoms with Crippen molar-refractivity contribution < 1.29 is 13.2 Å². The fourth-order valence-corrected chi connectivity index (χ4v) is 4.45. The highest BCUT2D eigenvalue weighted by atomic mass is 32.2. The van der Waals surface area contributed by atoms with Crippen molar-refractivity contribution in [2.24, 2.45) is 0 Å². The number of amides is 1. The Hall–Kier alpha value is -1.70. The fourth-order valence-electron chi connectivity index (χ4n) is 1.91. The number of hydrogen-bond donors (Lipinski definition) is 2. The molecule has 2 N–H and O–H groups in total. The maximum absolute atomic E-state index is 12.4. The molecule has 1 aromatic heterocycles. The Morgan fingerprint density at radius 2 is 1.86 bits per heavy atom. The van der Waals surface area contributed by atoms with Gasteiger partial charge in [0, 0.05) is 17.8 Å². The number of benzene rings is 1. The zero-order chi connectivity index (χ0) is 16.2. The summed E-state index contributed by atoms with van der Waals surface area (Å²) in [6.45, 7) is 3.57. The minimum absolute atomic E-state index is 0.145. The third-order valence-corrected chi connectivity index (χ3v) is 6.16. The highest BCUT2D eigenvalue weighted by molar-refractivity contribution is 7.91. The second-order valence-electron chi connectivity index (χ2n) is 4.88. The van der Waals surface area contributed by atoms with Gasteiger partial charge in [-0.3, -0.25) is 4.79 Å². The number of rotatable bonds is 6. The molecule has 22 heavy (non-hydrogen) atoms. The van der Waals surface area contributed by atoms with Gasteiger partial charge in [-0.1, -0.05) is 30.3 Å². The van der Waals surface area contributed by atoms with E-state index in [0.717, 1.165) is 21.8 Å². The lowest BCUT2D eigenvalue weighted by atomic mass is 10.1. The van der Waals surface area contributed by atoms with E-state index in [-0.39, 0.29) is 16.2 Å². The zero-order valence-corrected chi connectivity index (χ0v) is 14.0. The maximum Gasteiger partial charge on any atom is 0.250 e. The van der Waals surface area contributed by atoms with Gasteiger partial charge in [-0.25, -0.2) is 13.1 Å². The molecule has 0 saturated heterocycles. The molecule has 0 saturated carbocycles. The molecule has 1 aromatic carbocycles. The monoisotopic (exact) mass is 338 g/mol. The molecule has 1 amide bonds. The molecular formula is C15H18N2O3S2. The molecule has 2 aromatic rings. The van der Waals surface area contributed by atoms with Gasteiger partial charge in [0.2, 0.25) is 5.91 Å². The van der Waals surface area contributed by atoms with E-state index < -0.39 is 10.0 Å². The third kappa shape index (κ3) is 4.40. The van der Waals surface area contributed by atoms with Crippen LogP contribution in [0, 0.1) is 0 Å². The number of sulfonamides is 1. The summed E-state index contributed by atoms with van der Waals surface area (Å²) in [5.41, 5.74) is 0.904. The number of hydrogen-bond acceptors (Lipinski definition) is 4. The molecule has 0 aliphatic heterocycles. The van der Waals surface area contributed by atoms with Crippen molar-refractivity contribution in [2.45, 2.75) is 30.6 Å². The number of carbonyl (C=O) groups is 1. The number of nitrogens with one attached hydrogen (secondary N) is 2. The average molecular weight is 338 g/mol. The van der Waals surface area contributed by atoms with Crippen LogP contribution in [0.5, 0.6) is 0 Å². The van der Waals surface area contributed by atoms with Crippen LogP contribution in [0.25, 0.3) is 0 Å². The summed E-state index contributed by atoms with van der Waals surface area (Å²) in [5, 5.41) is 2.65. The van der Waals surface area contributed by atoms with Crippen molar-refractivity contribution in [1.82, 2.24) is 10.0 Å². The number of thiophene rings is 1. The standard InChI is InChI=1S/C15H18N2O3S2/c1-11(13-6-4-3-5-7-13)17-22(19,20)15-9-8-14(21-15)10-16-12(2)18/h3-9,11,17H,10H2,1-2H3,(H,16,18). The van der Waals surface area contributed by atoms with Crippen molar-refractivity contribution in [3.8, 4) is 0 Å². The molecule has 1 heterocycles. The second kappa shape index (κ2) is 7.04. The molecule has 1 atom stereocenters. The summed E-state index contributed by atoms with van der Waals surface area (Å²) in [7, 11) is -3.57. The predicted octanol–water partition coefficient (Wildman–Crippen LogP) is 2.42. The molecule has 0 spiro atoms. The summed E-state index contributed by atoms with van der Waals surface area (Å²) in [5.74, 6) is -0.145. The molecule has 118 valence electrons. The molecule has 1 unspecified atom stereocenters. The molecule has 0 aliphatic carbocycles. The summed E-state index contributed by atoms with van der Waals surface area (Å²) >= 11 is 1.15. The minimum atomic E-state index is -3.57. The van der Waals surface area contributed by atoms with Gasteiger partial charge in [-0.05, 0) is 24.6 Å². The van der Waals surface area contributed by atoms with Gasteiger partial charge in [-0.2, -0.15) is 0 Å². The average Bonchev–Trinajstić information content (AvgIpc) is 2.95. The highest BCUT2D eigenvalue weighted by Gasteiger charge is 2.20. The van der Waals surface area contributed by atoms with Crippen LogP contribution in [0.4, 0.5) is 0 Å². The Morgan fingerprint density at radius 3 is 2.50 bits per heavy atom. The van der Waals surface area contributed by atoms with E-state index in [4.69, 9.17) is 0 Å². The summed E-state index contributed by atoms with van der Waals surface area (Å²) in [6.07, 6.45) is 0. The van der Waals surface area contributed by atoms with Crippen LogP contribution in [-0.4, -0.2) is 14.3 Å². The lowest BCUT2D eigenvalue weighted by Gasteiger charge is -2.13. The van der Waals surface area contributed by atoms with Gasteiger partial charge in [-0.15, -0.1) is 11.3 Å². The summed E-state index contributed by atoms with van der Waals surface area (Å²) in [4.78, 5) is 11.7. The van der Waals surface area contributed by atoms with E-state index in [9.17, 15) is 13.2 Å². The van der Waals surface area contributed by atoms with Crippen molar-refractivity contribution >= 4 is 27.3 Å². The molecular weight excluding hydrogens is 320 g/mol. The second-order valence-corrected chi connectivity index (χ2v) is 7.99. The highest BCUT2D eigenvalue weighted by Crippen LogP contribution is 2.23. The minimum Gasteiger partial charge on any atom is -0.351 e. The van der Waals surface area contributed by atoms with Crippen LogP contribution in [0.1, 0.15) is 30.3 Å². The van der Waals surface area contributed by atoms with Gasteiger partial charge in [0.05, 0.1) is 6.54 Å². The van der Waals surface area contributed by atoms with Gasteiger partial charge in [0.1, 0.15) is 4.21 Å². The first-order chi connectivity index (χ1) is 10.4. The molecule has 7 heteroatoms. The van der Waals surface area contributed by atoms with Crippen molar-refractivity contribution in [3.63, 3.8) is 0 Å². The molecule has 0 bridgehead atoms. The number of carbonyl (C=O) groups excluding carboxylic acids is 1. The smallest absolute Gasteiger partial charge is 0.250 e. The van der Waals surface area contributed by atoms with Crippen molar-refractivity contribution in [1.29, 1.82) is 0 Å². The predicted molar refractivity (Wildman–Crippen MR) is 87.0 cm³/mol. The first kappa shape index (κ1) is 16.7. The van der Waals surface area contributed by atoms with E-state index in [0.29, 0.717) is 6.54 Å². The quantitative estimate of drug-likeness (QED) is 0.849. The molecule has 5 nitrogen and oxygen atoms in total. The molecule has 0 fully saturated rings. The van der Waals surface area contributed by atoms with Gasteiger partial charge < -0.3 is 5.32 Å². The van der Waals surface area contributed by atoms with Crippen LogP contribution in [0.3, 0.4) is 0 Å². The molecule has 0 radical (unpaired) electrons. The largest absolute Gasteiger partial charge is 0.351 e. The molecule has 0 aliphatic rings. The van der Waals surface area contributed by atoms with E-state index in [2.05, 4.69) is 10.0 Å². The lowest BCUT2D eigenvalue weighted by molar-refractivity contribution is -0.119. The van der Waals surface area contributed by atoms with Crippen molar-refractivity contribution in [2.75, 3.05) is 0 Å². The van der Waals surface area contributed by atoms with E-state index in [1.807, 2.05) is 30.3 Å². The topological polar surface area (TPSA) is 75.3 Å². The Labute approximate surface area is 134 Å². The first-order valence-corrected chi connectivity index (χ1v) is 9.09. The van der Waals surface area contributed by atoms with E-state index >= 15 is 0 Å². The SMILES string of the molecule is CC(=O)NCc1ccc(S(=O)(=O)NC(C)c2ccccc2)s1. The van der Waals surface area contributed by atoms with E-state index in [1.165, 1.54) is 6.92 Å². The van der Waals surface area contributed by atoms with Gasteiger partial charge in [0.25, 0.3) is 10.0 Å². The third-order valence-electron chi connectivity index (χ3n) is 3.04.